The number of aromatic nitrogens is 2. The van der Waals surface area contributed by atoms with E-state index in [0.29, 0.717) is 5.13 Å². The van der Waals surface area contributed by atoms with Crippen molar-refractivity contribution in [1.82, 2.24) is 10.2 Å². The highest BCUT2D eigenvalue weighted by atomic mass is 32.1. The highest BCUT2D eigenvalue weighted by Gasteiger charge is 2.19. The molecule has 2 heterocycles. The Balaban J connectivity index is 2.08. The van der Waals surface area contributed by atoms with Crippen molar-refractivity contribution < 1.29 is 4.74 Å². The van der Waals surface area contributed by atoms with Gasteiger partial charge in [0.15, 0.2) is 0 Å². The lowest BCUT2D eigenvalue weighted by molar-refractivity contribution is 0.0144. The SMILES string of the molecule is Nc1nnc([C@H]2CCCCO2)s1. The van der Waals surface area contributed by atoms with Gasteiger partial charge in [-0.3, -0.25) is 0 Å². The largest absolute Gasteiger partial charge is 0.374 e. The van der Waals surface area contributed by atoms with Crippen LogP contribution in [-0.4, -0.2) is 16.8 Å². The molecule has 1 aliphatic heterocycles. The zero-order valence-electron chi connectivity index (χ0n) is 6.69. The Morgan fingerprint density at radius 2 is 2.33 bits per heavy atom. The molecule has 0 bridgehead atoms. The summed E-state index contributed by atoms with van der Waals surface area (Å²) in [7, 11) is 0. The number of nitrogen functional groups attached to an aromatic ring is 1. The van der Waals surface area contributed by atoms with E-state index >= 15 is 0 Å². The Hall–Kier alpha value is -0.680. The van der Waals surface area contributed by atoms with Crippen molar-refractivity contribution >= 4 is 16.5 Å². The lowest BCUT2D eigenvalue weighted by Gasteiger charge is -2.19. The normalized spacial score (nSPS) is 24.2. The van der Waals surface area contributed by atoms with Crippen LogP contribution in [0.3, 0.4) is 0 Å². The van der Waals surface area contributed by atoms with Gasteiger partial charge in [0.1, 0.15) is 11.1 Å². The minimum absolute atomic E-state index is 0.147. The molecule has 1 aromatic heterocycles. The highest BCUT2D eigenvalue weighted by Crippen LogP contribution is 2.30. The van der Waals surface area contributed by atoms with Crippen molar-refractivity contribution in [2.45, 2.75) is 25.4 Å². The van der Waals surface area contributed by atoms with E-state index in [9.17, 15) is 0 Å². The summed E-state index contributed by atoms with van der Waals surface area (Å²) in [4.78, 5) is 0. The predicted molar refractivity (Wildman–Crippen MR) is 46.9 cm³/mol. The summed E-state index contributed by atoms with van der Waals surface area (Å²) in [5, 5.41) is 9.17. The Kier molecular flexibility index (Phi) is 2.23. The molecule has 0 aromatic carbocycles. The maximum absolute atomic E-state index is 5.53. The van der Waals surface area contributed by atoms with Crippen molar-refractivity contribution in [3.63, 3.8) is 0 Å². The average Bonchev–Trinajstić information content (AvgIpc) is 2.54. The fourth-order valence-electron chi connectivity index (χ4n) is 1.31. The third kappa shape index (κ3) is 1.56. The number of hydrogen-bond acceptors (Lipinski definition) is 5. The van der Waals surface area contributed by atoms with E-state index in [2.05, 4.69) is 10.2 Å². The quantitative estimate of drug-likeness (QED) is 0.717. The van der Waals surface area contributed by atoms with Crippen LogP contribution in [0.15, 0.2) is 0 Å². The van der Waals surface area contributed by atoms with Gasteiger partial charge in [0, 0.05) is 6.61 Å². The summed E-state index contributed by atoms with van der Waals surface area (Å²) < 4.78 is 5.53. The highest BCUT2D eigenvalue weighted by molar-refractivity contribution is 7.15. The first-order valence-corrected chi connectivity index (χ1v) is 4.88. The fourth-order valence-corrected chi connectivity index (χ4v) is 2.01. The molecule has 0 amide bonds. The van der Waals surface area contributed by atoms with Crippen LogP contribution in [0.2, 0.25) is 0 Å². The third-order valence-electron chi connectivity index (χ3n) is 1.91. The molecule has 1 atom stereocenters. The number of rotatable bonds is 1. The van der Waals surface area contributed by atoms with Gasteiger partial charge in [0.2, 0.25) is 5.13 Å². The lowest BCUT2D eigenvalue weighted by atomic mass is 10.1. The molecule has 0 radical (unpaired) electrons. The molecule has 0 saturated carbocycles. The molecule has 2 N–H and O–H groups in total. The molecule has 1 aromatic rings. The van der Waals surface area contributed by atoms with E-state index in [1.54, 1.807) is 0 Å². The van der Waals surface area contributed by atoms with Crippen LogP contribution in [0.5, 0.6) is 0 Å². The van der Waals surface area contributed by atoms with Crippen LogP contribution >= 0.6 is 11.3 Å². The molecule has 1 fully saturated rings. The van der Waals surface area contributed by atoms with Gasteiger partial charge in [-0.2, -0.15) is 0 Å². The van der Waals surface area contributed by atoms with E-state index in [1.807, 2.05) is 0 Å². The predicted octanol–water partition coefficient (Wildman–Crippen LogP) is 1.36. The molecule has 0 spiro atoms. The Morgan fingerprint density at radius 1 is 1.42 bits per heavy atom. The first kappa shape index (κ1) is 7.94. The van der Waals surface area contributed by atoms with Gasteiger partial charge in [-0.25, -0.2) is 0 Å². The smallest absolute Gasteiger partial charge is 0.203 e. The number of nitrogens with zero attached hydrogens (tertiary/aromatic N) is 2. The molecule has 1 aliphatic rings. The average molecular weight is 185 g/mol. The maximum atomic E-state index is 5.53. The van der Waals surface area contributed by atoms with E-state index in [0.717, 1.165) is 24.5 Å². The van der Waals surface area contributed by atoms with Gasteiger partial charge >= 0.3 is 0 Å². The van der Waals surface area contributed by atoms with Gasteiger partial charge in [-0.05, 0) is 19.3 Å². The number of anilines is 1. The first-order chi connectivity index (χ1) is 5.86. The molecule has 0 aliphatic carbocycles. The van der Waals surface area contributed by atoms with E-state index in [4.69, 9.17) is 10.5 Å². The van der Waals surface area contributed by atoms with Crippen LogP contribution in [0, 0.1) is 0 Å². The van der Waals surface area contributed by atoms with Gasteiger partial charge in [0.25, 0.3) is 0 Å². The van der Waals surface area contributed by atoms with Gasteiger partial charge < -0.3 is 10.5 Å². The van der Waals surface area contributed by atoms with E-state index in [-0.39, 0.29) is 6.10 Å². The van der Waals surface area contributed by atoms with Crippen LogP contribution in [0.25, 0.3) is 0 Å². The van der Waals surface area contributed by atoms with Crippen LogP contribution in [-0.2, 0) is 4.74 Å². The molecule has 4 nitrogen and oxygen atoms in total. The summed E-state index contributed by atoms with van der Waals surface area (Å²) in [5.74, 6) is 0. The van der Waals surface area contributed by atoms with Crippen molar-refractivity contribution in [2.24, 2.45) is 0 Å². The van der Waals surface area contributed by atoms with Crippen molar-refractivity contribution in [3.05, 3.63) is 5.01 Å². The second-order valence-electron chi connectivity index (χ2n) is 2.83. The second-order valence-corrected chi connectivity index (χ2v) is 3.87. The zero-order chi connectivity index (χ0) is 8.39. The third-order valence-corrected chi connectivity index (χ3v) is 2.76. The molecule has 2 rings (SSSR count). The maximum Gasteiger partial charge on any atom is 0.203 e. The summed E-state index contributed by atoms with van der Waals surface area (Å²) in [5.41, 5.74) is 5.47. The van der Waals surface area contributed by atoms with Crippen molar-refractivity contribution in [1.29, 1.82) is 0 Å². The summed E-state index contributed by atoms with van der Waals surface area (Å²) >= 11 is 1.42. The van der Waals surface area contributed by atoms with Gasteiger partial charge in [-0.1, -0.05) is 11.3 Å². The molecule has 5 heteroatoms. The Morgan fingerprint density at radius 3 is 2.92 bits per heavy atom. The van der Waals surface area contributed by atoms with Crippen LogP contribution in [0.1, 0.15) is 30.4 Å². The Labute approximate surface area is 74.8 Å². The second kappa shape index (κ2) is 3.37. The first-order valence-electron chi connectivity index (χ1n) is 4.07. The van der Waals surface area contributed by atoms with Gasteiger partial charge in [0.05, 0.1) is 0 Å². The van der Waals surface area contributed by atoms with Crippen molar-refractivity contribution in [3.8, 4) is 0 Å². The minimum atomic E-state index is 0.147. The van der Waals surface area contributed by atoms with E-state index in [1.165, 1.54) is 17.8 Å². The minimum Gasteiger partial charge on any atom is -0.374 e. The molecular weight excluding hydrogens is 174 g/mol. The molecule has 12 heavy (non-hydrogen) atoms. The zero-order valence-corrected chi connectivity index (χ0v) is 7.51. The number of ether oxygens (including phenoxy) is 1. The fraction of sp³-hybridized carbons (Fsp3) is 0.714. The summed E-state index contributed by atoms with van der Waals surface area (Å²) in [6.45, 7) is 0.837. The summed E-state index contributed by atoms with van der Waals surface area (Å²) in [6, 6.07) is 0. The summed E-state index contributed by atoms with van der Waals surface area (Å²) in [6.07, 6.45) is 3.57. The lowest BCUT2D eigenvalue weighted by Crippen LogP contribution is -2.11. The standard InChI is InChI=1S/C7H11N3OS/c8-7-10-9-6(12-7)5-3-1-2-4-11-5/h5H,1-4H2,(H2,8,10)/t5-/m1/s1. The Bertz CT molecular complexity index is 257. The van der Waals surface area contributed by atoms with E-state index < -0.39 is 0 Å². The van der Waals surface area contributed by atoms with Gasteiger partial charge in [-0.15, -0.1) is 10.2 Å². The topological polar surface area (TPSA) is 61.0 Å². The van der Waals surface area contributed by atoms with Crippen LogP contribution in [0.4, 0.5) is 5.13 Å². The molecular formula is C7H11N3OS. The monoisotopic (exact) mass is 185 g/mol. The van der Waals surface area contributed by atoms with Crippen LogP contribution < -0.4 is 5.73 Å². The number of hydrogen-bond donors (Lipinski definition) is 1. The molecule has 0 unspecified atom stereocenters. The van der Waals surface area contributed by atoms with Crippen molar-refractivity contribution in [2.75, 3.05) is 12.3 Å². The molecule has 66 valence electrons. The molecule has 1 saturated heterocycles. The number of nitrogens with two attached hydrogens (primary N) is 1.